The monoisotopic (exact) mass is 363 g/mol. The van der Waals surface area contributed by atoms with Crippen LogP contribution < -0.4 is 4.74 Å². The fraction of sp³-hybridized carbons (Fsp3) is 0.235. The minimum absolute atomic E-state index is 0.341. The highest BCUT2D eigenvalue weighted by atomic mass is 16.5. The van der Waals surface area contributed by atoms with Gasteiger partial charge in [-0.25, -0.2) is 9.97 Å². The molecule has 0 aliphatic carbocycles. The Labute approximate surface area is 154 Å². The molecule has 0 aliphatic rings. The molecule has 136 valence electrons. The largest absolute Gasteiger partial charge is 0.452 e. The van der Waals surface area contributed by atoms with Crippen molar-refractivity contribution in [1.82, 2.24) is 44.9 Å². The number of hydrogen-bond acceptors (Lipinski definition) is 8. The lowest BCUT2D eigenvalue weighted by molar-refractivity contribution is 0.190. The van der Waals surface area contributed by atoms with Gasteiger partial charge in [0.05, 0.1) is 11.3 Å². The lowest BCUT2D eigenvalue weighted by Gasteiger charge is -2.10. The Morgan fingerprint density at radius 1 is 1.07 bits per heavy atom. The van der Waals surface area contributed by atoms with E-state index in [9.17, 15) is 0 Å². The van der Waals surface area contributed by atoms with Crippen molar-refractivity contribution in [2.24, 2.45) is 7.05 Å². The lowest BCUT2D eigenvalue weighted by Crippen LogP contribution is -2.09. The van der Waals surface area contributed by atoms with Gasteiger partial charge in [-0.1, -0.05) is 17.2 Å². The van der Waals surface area contributed by atoms with Gasteiger partial charge in [0, 0.05) is 19.4 Å². The summed E-state index contributed by atoms with van der Waals surface area (Å²) in [5.74, 6) is 1.05. The molecule has 0 spiro atoms. The quantitative estimate of drug-likeness (QED) is 0.527. The molecule has 4 aromatic rings. The normalized spacial score (nSPS) is 12.1. The topological polar surface area (TPSA) is 109 Å². The van der Waals surface area contributed by atoms with Crippen molar-refractivity contribution >= 4 is 0 Å². The summed E-state index contributed by atoms with van der Waals surface area (Å²) in [5, 5.41) is 20.8. The number of ether oxygens (including phenoxy) is 1. The zero-order chi connectivity index (χ0) is 18.8. The molecule has 3 aromatic heterocycles. The second-order valence-electron chi connectivity index (χ2n) is 6.03. The summed E-state index contributed by atoms with van der Waals surface area (Å²) >= 11 is 0. The molecule has 10 heteroatoms. The highest BCUT2D eigenvalue weighted by Crippen LogP contribution is 2.22. The Bertz CT molecular complexity index is 1060. The Kier molecular flexibility index (Phi) is 4.29. The van der Waals surface area contributed by atoms with Gasteiger partial charge in [-0.2, -0.15) is 0 Å². The second-order valence-corrected chi connectivity index (χ2v) is 6.03. The van der Waals surface area contributed by atoms with Crippen LogP contribution in [0.3, 0.4) is 0 Å². The maximum atomic E-state index is 5.88. The maximum absolute atomic E-state index is 5.88. The van der Waals surface area contributed by atoms with Crippen molar-refractivity contribution in [2.75, 3.05) is 0 Å². The molecule has 0 saturated heterocycles. The molecular weight excluding hydrogens is 346 g/mol. The molecule has 27 heavy (non-hydrogen) atoms. The maximum Gasteiger partial charge on any atom is 0.317 e. The average molecular weight is 363 g/mol. The van der Waals surface area contributed by atoms with Gasteiger partial charge in [-0.3, -0.25) is 4.57 Å². The van der Waals surface area contributed by atoms with Crippen LogP contribution in [0, 0.1) is 6.92 Å². The lowest BCUT2D eigenvalue weighted by atomic mass is 10.2. The van der Waals surface area contributed by atoms with Crippen LogP contribution in [0.4, 0.5) is 0 Å². The molecule has 0 N–H and O–H groups in total. The molecule has 10 nitrogen and oxygen atoms in total. The summed E-state index contributed by atoms with van der Waals surface area (Å²) in [6, 6.07) is 8.20. The summed E-state index contributed by atoms with van der Waals surface area (Å²) in [7, 11) is 1.81. The summed E-state index contributed by atoms with van der Waals surface area (Å²) in [6.45, 7) is 3.84. The van der Waals surface area contributed by atoms with Gasteiger partial charge in [-0.15, -0.1) is 20.1 Å². The van der Waals surface area contributed by atoms with Crippen LogP contribution in [0.2, 0.25) is 0 Å². The number of rotatable bonds is 5. The Hall–Kier alpha value is -3.69. The fourth-order valence-electron chi connectivity index (χ4n) is 2.54. The van der Waals surface area contributed by atoms with Crippen LogP contribution in [0.15, 0.2) is 43.0 Å². The van der Waals surface area contributed by atoms with E-state index in [1.54, 1.807) is 24.0 Å². The molecule has 0 radical (unpaired) electrons. The van der Waals surface area contributed by atoms with Crippen molar-refractivity contribution < 1.29 is 4.74 Å². The molecule has 0 fully saturated rings. The minimum atomic E-state index is -0.452. The summed E-state index contributed by atoms with van der Waals surface area (Å²) in [4.78, 5) is 9.46. The first-order chi connectivity index (χ1) is 13.1. The van der Waals surface area contributed by atoms with E-state index < -0.39 is 6.10 Å². The zero-order valence-electron chi connectivity index (χ0n) is 15.1. The van der Waals surface area contributed by atoms with Crippen molar-refractivity contribution in [3.63, 3.8) is 0 Å². The third-order valence-corrected chi connectivity index (χ3v) is 3.96. The Balaban J connectivity index is 1.53. The van der Waals surface area contributed by atoms with E-state index in [2.05, 4.69) is 35.6 Å². The van der Waals surface area contributed by atoms with Crippen molar-refractivity contribution in [3.05, 3.63) is 54.4 Å². The average Bonchev–Trinajstić information content (AvgIpc) is 3.31. The van der Waals surface area contributed by atoms with E-state index in [0.29, 0.717) is 17.7 Å². The number of aromatic nitrogens is 9. The molecule has 0 bridgehead atoms. The molecule has 1 aromatic carbocycles. The molecule has 0 saturated carbocycles. The third-order valence-electron chi connectivity index (χ3n) is 3.96. The fourth-order valence-corrected chi connectivity index (χ4v) is 2.54. The number of tetrazole rings is 1. The smallest absolute Gasteiger partial charge is 0.317 e. The molecule has 3 heterocycles. The standard InChI is InChI=1S/C17H17N9O/c1-11-5-4-6-14(7-11)26-23-15(20-24-26)12(2)27-17-22-21-16(25(17)3)13-8-18-10-19-9-13/h4-10,12H,1-3H3/t12-/m1/s1. The van der Waals surface area contributed by atoms with Crippen molar-refractivity contribution in [1.29, 1.82) is 0 Å². The van der Waals surface area contributed by atoms with E-state index in [1.807, 2.05) is 38.1 Å². The molecule has 0 aliphatic heterocycles. The van der Waals surface area contributed by atoms with Gasteiger partial charge < -0.3 is 4.74 Å². The van der Waals surface area contributed by atoms with Gasteiger partial charge in [-0.05, 0) is 36.8 Å². The Morgan fingerprint density at radius 2 is 1.89 bits per heavy atom. The number of benzene rings is 1. The molecule has 4 rings (SSSR count). The van der Waals surface area contributed by atoms with Crippen LogP contribution in [0.25, 0.3) is 17.1 Å². The predicted molar refractivity (Wildman–Crippen MR) is 95.0 cm³/mol. The zero-order valence-corrected chi connectivity index (χ0v) is 15.1. The van der Waals surface area contributed by atoms with E-state index in [-0.39, 0.29) is 0 Å². The molecule has 0 amide bonds. The van der Waals surface area contributed by atoms with Crippen LogP contribution in [0.1, 0.15) is 24.4 Å². The van der Waals surface area contributed by atoms with Gasteiger partial charge in [0.15, 0.2) is 11.9 Å². The van der Waals surface area contributed by atoms with E-state index in [0.717, 1.165) is 16.8 Å². The Morgan fingerprint density at radius 3 is 2.67 bits per heavy atom. The third kappa shape index (κ3) is 3.36. The molecule has 1 atom stereocenters. The van der Waals surface area contributed by atoms with Crippen LogP contribution in [0.5, 0.6) is 6.01 Å². The number of aryl methyl sites for hydroxylation is 1. The van der Waals surface area contributed by atoms with Crippen LogP contribution in [-0.4, -0.2) is 44.9 Å². The first-order valence-electron chi connectivity index (χ1n) is 8.30. The van der Waals surface area contributed by atoms with Crippen molar-refractivity contribution in [3.8, 4) is 23.1 Å². The van der Waals surface area contributed by atoms with E-state index >= 15 is 0 Å². The van der Waals surface area contributed by atoms with Gasteiger partial charge >= 0.3 is 6.01 Å². The number of nitrogens with zero attached hydrogens (tertiary/aromatic N) is 9. The van der Waals surface area contributed by atoms with Gasteiger partial charge in [0.25, 0.3) is 0 Å². The first-order valence-corrected chi connectivity index (χ1v) is 8.30. The van der Waals surface area contributed by atoms with Crippen LogP contribution in [-0.2, 0) is 7.05 Å². The summed E-state index contributed by atoms with van der Waals surface area (Å²) in [5.41, 5.74) is 2.71. The summed E-state index contributed by atoms with van der Waals surface area (Å²) in [6.07, 6.45) is 4.34. The van der Waals surface area contributed by atoms with Crippen molar-refractivity contribution in [2.45, 2.75) is 20.0 Å². The summed E-state index contributed by atoms with van der Waals surface area (Å²) < 4.78 is 7.60. The molecule has 0 unspecified atom stereocenters. The molecular formula is C17H17N9O. The highest BCUT2D eigenvalue weighted by Gasteiger charge is 2.19. The predicted octanol–water partition coefficient (Wildman–Crippen LogP) is 1.70. The van der Waals surface area contributed by atoms with E-state index in [1.165, 1.54) is 11.1 Å². The first kappa shape index (κ1) is 16.8. The van der Waals surface area contributed by atoms with Crippen LogP contribution >= 0.6 is 0 Å². The second kappa shape index (κ2) is 6.90. The number of hydrogen-bond donors (Lipinski definition) is 0. The SMILES string of the molecule is Cc1cccc(-n2nnc([C@@H](C)Oc3nnc(-c4cncnc4)n3C)n2)c1. The van der Waals surface area contributed by atoms with E-state index in [4.69, 9.17) is 4.74 Å². The minimum Gasteiger partial charge on any atom is -0.452 e. The van der Waals surface area contributed by atoms with Gasteiger partial charge in [0.2, 0.25) is 5.82 Å². The van der Waals surface area contributed by atoms with Gasteiger partial charge in [0.1, 0.15) is 6.33 Å². The highest BCUT2D eigenvalue weighted by molar-refractivity contribution is 5.52.